The van der Waals surface area contributed by atoms with Crippen LogP contribution in [0.1, 0.15) is 53.2 Å². The summed E-state index contributed by atoms with van der Waals surface area (Å²) in [6.45, 7) is 5.25. The zero-order chi connectivity index (χ0) is 19.0. The third-order valence-electron chi connectivity index (χ3n) is 6.00. The van der Waals surface area contributed by atoms with Gasteiger partial charge in [0, 0.05) is 26.1 Å². The maximum atomic E-state index is 13.1. The van der Waals surface area contributed by atoms with Crippen LogP contribution in [0.25, 0.3) is 10.2 Å². The van der Waals surface area contributed by atoms with Gasteiger partial charge in [0.15, 0.2) is 0 Å². The van der Waals surface area contributed by atoms with Crippen LogP contribution in [0.4, 0.5) is 0 Å². The van der Waals surface area contributed by atoms with Gasteiger partial charge in [0.2, 0.25) is 0 Å². The third kappa shape index (κ3) is 3.84. The molecule has 154 valence electrons. The van der Waals surface area contributed by atoms with E-state index < -0.39 is 0 Å². The number of piperidine rings is 1. The average Bonchev–Trinajstić information content (AvgIpc) is 2.84. The standard InChI is InChI=1S/C20H28N4O2S.ClH/c1-13-16-18(22-15-6-4-3-5-9-24(15)19(16)25)27-17(13)20(26)23-10-7-14(8-11-23)12-21-2;/h14,21H,3-12H2,1-2H3;1H. The van der Waals surface area contributed by atoms with Gasteiger partial charge in [0.25, 0.3) is 11.5 Å². The summed E-state index contributed by atoms with van der Waals surface area (Å²) in [6, 6.07) is 0. The van der Waals surface area contributed by atoms with Gasteiger partial charge in [0.1, 0.15) is 10.7 Å². The van der Waals surface area contributed by atoms with E-state index in [1.165, 1.54) is 11.3 Å². The summed E-state index contributed by atoms with van der Waals surface area (Å²) in [7, 11) is 1.98. The molecule has 0 saturated carbocycles. The lowest BCUT2D eigenvalue weighted by molar-refractivity contribution is 0.0695. The van der Waals surface area contributed by atoms with Crippen LogP contribution in [0.5, 0.6) is 0 Å². The molecule has 0 atom stereocenters. The molecule has 2 aromatic rings. The number of thiophene rings is 1. The van der Waals surface area contributed by atoms with E-state index in [0.717, 1.165) is 80.9 Å². The predicted octanol–water partition coefficient (Wildman–Crippen LogP) is 2.99. The maximum absolute atomic E-state index is 13.1. The van der Waals surface area contributed by atoms with Crippen molar-refractivity contribution < 1.29 is 4.79 Å². The van der Waals surface area contributed by atoms with Crippen molar-refractivity contribution in [2.24, 2.45) is 5.92 Å². The van der Waals surface area contributed by atoms with Gasteiger partial charge in [-0.3, -0.25) is 14.2 Å². The predicted molar refractivity (Wildman–Crippen MR) is 116 cm³/mol. The number of rotatable bonds is 3. The molecule has 1 saturated heterocycles. The van der Waals surface area contributed by atoms with Crippen molar-refractivity contribution in [1.82, 2.24) is 19.8 Å². The summed E-state index contributed by atoms with van der Waals surface area (Å²) in [5.74, 6) is 1.60. The first-order valence-electron chi connectivity index (χ1n) is 10.1. The van der Waals surface area contributed by atoms with Gasteiger partial charge < -0.3 is 10.2 Å². The first-order chi connectivity index (χ1) is 13.1. The molecule has 4 heterocycles. The topological polar surface area (TPSA) is 67.2 Å². The van der Waals surface area contributed by atoms with Crippen molar-refractivity contribution in [2.45, 2.75) is 52.0 Å². The number of amides is 1. The summed E-state index contributed by atoms with van der Waals surface area (Å²) in [4.78, 5) is 34.4. The van der Waals surface area contributed by atoms with Crippen LogP contribution in [-0.2, 0) is 13.0 Å². The highest BCUT2D eigenvalue weighted by molar-refractivity contribution is 7.20. The van der Waals surface area contributed by atoms with Gasteiger partial charge in [-0.1, -0.05) is 6.42 Å². The lowest BCUT2D eigenvalue weighted by atomic mass is 9.96. The van der Waals surface area contributed by atoms with Crippen molar-refractivity contribution >= 4 is 39.9 Å². The molecular formula is C20H29ClN4O2S. The largest absolute Gasteiger partial charge is 0.338 e. The first kappa shape index (κ1) is 21.3. The Labute approximate surface area is 175 Å². The second-order valence-electron chi connectivity index (χ2n) is 7.83. The molecule has 0 aromatic carbocycles. The number of nitrogens with one attached hydrogen (secondary N) is 1. The van der Waals surface area contributed by atoms with E-state index in [1.807, 2.05) is 23.4 Å². The van der Waals surface area contributed by atoms with E-state index in [-0.39, 0.29) is 23.9 Å². The fraction of sp³-hybridized carbons (Fsp3) is 0.650. The highest BCUT2D eigenvalue weighted by atomic mass is 35.5. The quantitative estimate of drug-likeness (QED) is 0.822. The van der Waals surface area contributed by atoms with E-state index in [1.54, 1.807) is 0 Å². The summed E-state index contributed by atoms with van der Waals surface area (Å²) in [5.41, 5.74) is 0.854. The molecule has 0 radical (unpaired) electrons. The monoisotopic (exact) mass is 424 g/mol. The highest BCUT2D eigenvalue weighted by Crippen LogP contribution is 2.30. The molecule has 2 aliphatic rings. The Morgan fingerprint density at radius 1 is 1.21 bits per heavy atom. The Morgan fingerprint density at radius 2 is 1.96 bits per heavy atom. The number of hydrogen-bond donors (Lipinski definition) is 1. The van der Waals surface area contributed by atoms with Crippen LogP contribution in [0.2, 0.25) is 0 Å². The highest BCUT2D eigenvalue weighted by Gasteiger charge is 2.28. The van der Waals surface area contributed by atoms with Crippen molar-refractivity contribution in [3.05, 3.63) is 26.6 Å². The molecule has 0 bridgehead atoms. The second kappa shape index (κ2) is 8.93. The summed E-state index contributed by atoms with van der Waals surface area (Å²) >= 11 is 1.40. The van der Waals surface area contributed by atoms with Gasteiger partial charge in [-0.15, -0.1) is 23.7 Å². The molecule has 4 rings (SSSR count). The molecule has 0 spiro atoms. The number of halogens is 1. The minimum Gasteiger partial charge on any atom is -0.338 e. The second-order valence-corrected chi connectivity index (χ2v) is 8.82. The molecule has 1 fully saturated rings. The summed E-state index contributed by atoms with van der Waals surface area (Å²) < 4.78 is 1.84. The van der Waals surface area contributed by atoms with Crippen molar-refractivity contribution in [2.75, 3.05) is 26.7 Å². The third-order valence-corrected chi connectivity index (χ3v) is 7.17. The summed E-state index contributed by atoms with van der Waals surface area (Å²) in [5, 5.41) is 3.88. The average molecular weight is 425 g/mol. The molecule has 6 nitrogen and oxygen atoms in total. The number of nitrogens with zero attached hydrogens (tertiary/aromatic N) is 3. The number of hydrogen-bond acceptors (Lipinski definition) is 5. The molecule has 28 heavy (non-hydrogen) atoms. The summed E-state index contributed by atoms with van der Waals surface area (Å²) in [6.07, 6.45) is 6.16. The number of aromatic nitrogens is 2. The van der Waals surface area contributed by atoms with Gasteiger partial charge in [0.05, 0.1) is 10.3 Å². The van der Waals surface area contributed by atoms with Crippen LogP contribution in [0.15, 0.2) is 4.79 Å². The van der Waals surface area contributed by atoms with Crippen molar-refractivity contribution in [3.63, 3.8) is 0 Å². The molecule has 2 aliphatic heterocycles. The zero-order valence-corrected chi connectivity index (χ0v) is 18.3. The van der Waals surface area contributed by atoms with Crippen LogP contribution in [0.3, 0.4) is 0 Å². The van der Waals surface area contributed by atoms with E-state index in [9.17, 15) is 9.59 Å². The molecular weight excluding hydrogens is 396 g/mol. The van der Waals surface area contributed by atoms with Crippen LogP contribution >= 0.6 is 23.7 Å². The maximum Gasteiger partial charge on any atom is 0.264 e. The van der Waals surface area contributed by atoms with Crippen LogP contribution < -0.4 is 10.9 Å². The number of likely N-dealkylation sites (tertiary alicyclic amines) is 1. The minimum atomic E-state index is 0. The van der Waals surface area contributed by atoms with E-state index in [2.05, 4.69) is 5.32 Å². The van der Waals surface area contributed by atoms with Crippen molar-refractivity contribution in [3.8, 4) is 0 Å². The lowest BCUT2D eigenvalue weighted by Crippen LogP contribution is -2.40. The van der Waals surface area contributed by atoms with E-state index in [4.69, 9.17) is 4.98 Å². The molecule has 1 amide bonds. The van der Waals surface area contributed by atoms with Gasteiger partial charge in [-0.25, -0.2) is 4.98 Å². The Kier molecular flexibility index (Phi) is 6.78. The Hall–Kier alpha value is -1.44. The molecule has 2 aromatic heterocycles. The number of carbonyl (C=O) groups is 1. The van der Waals surface area contributed by atoms with E-state index >= 15 is 0 Å². The number of aryl methyl sites for hydroxylation is 2. The van der Waals surface area contributed by atoms with Crippen LogP contribution in [0, 0.1) is 12.8 Å². The Balaban J connectivity index is 0.00000225. The fourth-order valence-corrected chi connectivity index (χ4v) is 5.54. The molecule has 0 aliphatic carbocycles. The molecule has 8 heteroatoms. The number of fused-ring (bicyclic) bond motifs is 2. The minimum absolute atomic E-state index is 0. The van der Waals surface area contributed by atoms with E-state index in [0.29, 0.717) is 16.2 Å². The number of carbonyl (C=O) groups excluding carboxylic acids is 1. The Bertz CT molecular complexity index is 915. The van der Waals surface area contributed by atoms with Gasteiger partial charge in [-0.05, 0) is 57.7 Å². The molecule has 0 unspecified atom stereocenters. The zero-order valence-electron chi connectivity index (χ0n) is 16.6. The first-order valence-corrected chi connectivity index (χ1v) is 10.9. The normalized spacial score (nSPS) is 17.9. The Morgan fingerprint density at radius 3 is 2.68 bits per heavy atom. The lowest BCUT2D eigenvalue weighted by Gasteiger charge is -2.31. The SMILES string of the molecule is CNCC1CCN(C(=O)c2sc3nc4n(c(=O)c3c2C)CCCCC4)CC1.Cl. The van der Waals surface area contributed by atoms with Crippen molar-refractivity contribution in [1.29, 1.82) is 0 Å². The fourth-order valence-electron chi connectivity index (χ4n) is 4.39. The smallest absolute Gasteiger partial charge is 0.264 e. The van der Waals surface area contributed by atoms with Crippen LogP contribution in [-0.4, -0.2) is 47.0 Å². The van der Waals surface area contributed by atoms with Gasteiger partial charge >= 0.3 is 0 Å². The van der Waals surface area contributed by atoms with Gasteiger partial charge in [-0.2, -0.15) is 0 Å². The molecule has 1 N–H and O–H groups in total.